The van der Waals surface area contributed by atoms with Crippen LogP contribution in [0.25, 0.3) is 10.9 Å². The number of anilines is 1. The lowest BCUT2D eigenvalue weighted by Crippen LogP contribution is -2.09. The van der Waals surface area contributed by atoms with Crippen molar-refractivity contribution in [3.05, 3.63) is 30.1 Å². The lowest BCUT2D eigenvalue weighted by molar-refractivity contribution is 0.0697. The Hall–Kier alpha value is -2.21. The molecule has 0 unspecified atom stereocenters. The van der Waals surface area contributed by atoms with Crippen molar-refractivity contribution in [1.29, 1.82) is 0 Å². The highest BCUT2D eigenvalue weighted by molar-refractivity contribution is 5.96. The molecule has 4 N–H and O–H groups in total. The lowest BCUT2D eigenvalue weighted by atomic mass is 10.1. The van der Waals surface area contributed by atoms with Crippen LogP contribution in [0.5, 0.6) is 0 Å². The Bertz CT molecular complexity index is 527. The third-order valence-electron chi connectivity index (χ3n) is 2.02. The predicted molar refractivity (Wildman–Crippen MR) is 54.3 cm³/mol. The molecule has 6 heteroatoms. The van der Waals surface area contributed by atoms with Crippen LogP contribution >= 0.6 is 0 Å². The molecule has 0 saturated carbocycles. The maximum atomic E-state index is 10.7. The number of benzene rings is 1. The second kappa shape index (κ2) is 3.50. The number of aromatic nitrogens is 2. The van der Waals surface area contributed by atoms with Crippen molar-refractivity contribution in [2.45, 2.75) is 0 Å². The fraction of sp³-hybridized carbons (Fsp3) is 0. The number of fused-ring (bicyclic) bond motifs is 1. The highest BCUT2D eigenvalue weighted by atomic mass is 16.4. The van der Waals surface area contributed by atoms with Gasteiger partial charge < -0.3 is 10.5 Å². The molecule has 6 nitrogen and oxygen atoms in total. The van der Waals surface area contributed by atoms with Gasteiger partial charge in [-0.1, -0.05) is 0 Å². The summed E-state index contributed by atoms with van der Waals surface area (Å²) >= 11 is 0. The summed E-state index contributed by atoms with van der Waals surface area (Å²) in [5.41, 5.74) is 3.14. The molecular weight excluding hydrogens is 196 g/mol. The first-order valence-corrected chi connectivity index (χ1v) is 4.17. The standard InChI is InChI=1S/C9H8N4O2/c10-13-8-6-2-1-5(9(14)15)3-7(6)11-4-12-8/h1-4H,10H2,(H,14,15)(H,11,12,13). The second-order valence-electron chi connectivity index (χ2n) is 2.90. The van der Waals surface area contributed by atoms with Crippen LogP contribution in [-0.2, 0) is 0 Å². The van der Waals surface area contributed by atoms with Crippen LogP contribution in [0.15, 0.2) is 24.5 Å². The Labute approximate surface area is 84.7 Å². The molecule has 0 spiro atoms. The SMILES string of the molecule is NNc1ncnc2cc(C(=O)O)ccc12. The van der Waals surface area contributed by atoms with Gasteiger partial charge in [-0.05, 0) is 18.2 Å². The molecular formula is C9H8N4O2. The third kappa shape index (κ3) is 1.57. The molecule has 0 bridgehead atoms. The van der Waals surface area contributed by atoms with Crippen molar-refractivity contribution in [1.82, 2.24) is 9.97 Å². The van der Waals surface area contributed by atoms with Crippen LogP contribution < -0.4 is 11.3 Å². The van der Waals surface area contributed by atoms with E-state index in [4.69, 9.17) is 10.9 Å². The van der Waals surface area contributed by atoms with E-state index in [1.165, 1.54) is 18.5 Å². The van der Waals surface area contributed by atoms with Crippen molar-refractivity contribution in [3.63, 3.8) is 0 Å². The minimum Gasteiger partial charge on any atom is -0.478 e. The van der Waals surface area contributed by atoms with Crippen molar-refractivity contribution in [2.75, 3.05) is 5.43 Å². The number of nitrogens with one attached hydrogen (secondary N) is 1. The van der Waals surface area contributed by atoms with Crippen molar-refractivity contribution in [2.24, 2.45) is 5.84 Å². The van der Waals surface area contributed by atoms with Crippen LogP contribution in [0.3, 0.4) is 0 Å². The number of carboxylic acid groups (broad SMARTS) is 1. The summed E-state index contributed by atoms with van der Waals surface area (Å²) in [5, 5.41) is 9.47. The number of nitrogens with zero attached hydrogens (tertiary/aromatic N) is 2. The van der Waals surface area contributed by atoms with E-state index >= 15 is 0 Å². The minimum absolute atomic E-state index is 0.184. The molecule has 0 aliphatic rings. The summed E-state index contributed by atoms with van der Waals surface area (Å²) < 4.78 is 0. The van der Waals surface area contributed by atoms with Crippen LogP contribution in [0.4, 0.5) is 5.82 Å². The fourth-order valence-electron chi connectivity index (χ4n) is 1.31. The minimum atomic E-state index is -0.988. The highest BCUT2D eigenvalue weighted by Gasteiger charge is 2.06. The molecule has 1 aromatic heterocycles. The van der Waals surface area contributed by atoms with E-state index < -0.39 is 5.97 Å². The van der Waals surface area contributed by atoms with Gasteiger partial charge in [-0.15, -0.1) is 0 Å². The molecule has 0 aliphatic carbocycles. The first-order chi connectivity index (χ1) is 7.22. The molecule has 0 radical (unpaired) electrons. The number of nitrogens with two attached hydrogens (primary N) is 1. The van der Waals surface area contributed by atoms with Gasteiger partial charge >= 0.3 is 5.97 Å². The number of rotatable bonds is 2. The Morgan fingerprint density at radius 2 is 2.20 bits per heavy atom. The zero-order valence-electron chi connectivity index (χ0n) is 7.64. The number of hydrogen-bond acceptors (Lipinski definition) is 5. The van der Waals surface area contributed by atoms with E-state index in [1.54, 1.807) is 6.07 Å². The van der Waals surface area contributed by atoms with Crippen LogP contribution in [0.2, 0.25) is 0 Å². The first-order valence-electron chi connectivity index (χ1n) is 4.17. The normalized spacial score (nSPS) is 10.2. The maximum Gasteiger partial charge on any atom is 0.335 e. The molecule has 2 rings (SSSR count). The fourth-order valence-corrected chi connectivity index (χ4v) is 1.31. The molecule has 0 aliphatic heterocycles. The number of hydrogen-bond donors (Lipinski definition) is 3. The van der Waals surface area contributed by atoms with Gasteiger partial charge in [0.05, 0.1) is 11.1 Å². The maximum absolute atomic E-state index is 10.7. The van der Waals surface area contributed by atoms with E-state index in [-0.39, 0.29) is 5.56 Å². The smallest absolute Gasteiger partial charge is 0.335 e. The van der Waals surface area contributed by atoms with E-state index in [1.807, 2.05) is 0 Å². The second-order valence-corrected chi connectivity index (χ2v) is 2.90. The van der Waals surface area contributed by atoms with Crippen molar-refractivity contribution >= 4 is 22.7 Å². The van der Waals surface area contributed by atoms with Crippen LogP contribution in [0.1, 0.15) is 10.4 Å². The Kier molecular flexibility index (Phi) is 2.18. The number of carbonyl (C=O) groups is 1. The molecule has 0 amide bonds. The van der Waals surface area contributed by atoms with Crippen molar-refractivity contribution < 1.29 is 9.90 Å². The molecule has 1 heterocycles. The summed E-state index contributed by atoms with van der Waals surface area (Å²) in [7, 11) is 0. The number of nitrogen functional groups attached to an aromatic ring is 1. The molecule has 1 aromatic carbocycles. The Morgan fingerprint density at radius 1 is 1.40 bits per heavy atom. The van der Waals surface area contributed by atoms with Gasteiger partial charge in [-0.2, -0.15) is 0 Å². The quantitative estimate of drug-likeness (QED) is 0.489. The van der Waals surface area contributed by atoms with Gasteiger partial charge in [0.25, 0.3) is 0 Å². The zero-order valence-corrected chi connectivity index (χ0v) is 7.64. The summed E-state index contributed by atoms with van der Waals surface area (Å²) in [6.07, 6.45) is 1.32. The van der Waals surface area contributed by atoms with Gasteiger partial charge in [0.1, 0.15) is 6.33 Å². The largest absolute Gasteiger partial charge is 0.478 e. The molecule has 76 valence electrons. The molecule has 2 aromatic rings. The van der Waals surface area contributed by atoms with Gasteiger partial charge in [0.2, 0.25) is 0 Å². The Balaban J connectivity index is 2.69. The van der Waals surface area contributed by atoms with Gasteiger partial charge in [0, 0.05) is 5.39 Å². The van der Waals surface area contributed by atoms with E-state index in [0.717, 1.165) is 0 Å². The van der Waals surface area contributed by atoms with Crippen LogP contribution in [0, 0.1) is 0 Å². The summed E-state index contributed by atoms with van der Waals surface area (Å²) in [6.45, 7) is 0. The average Bonchev–Trinajstić information content (AvgIpc) is 2.27. The monoisotopic (exact) mass is 204 g/mol. The third-order valence-corrected chi connectivity index (χ3v) is 2.02. The van der Waals surface area contributed by atoms with Crippen molar-refractivity contribution in [3.8, 4) is 0 Å². The molecule has 0 atom stereocenters. The van der Waals surface area contributed by atoms with E-state index in [9.17, 15) is 4.79 Å². The Morgan fingerprint density at radius 3 is 2.87 bits per heavy atom. The van der Waals surface area contributed by atoms with Gasteiger partial charge in [0.15, 0.2) is 5.82 Å². The topological polar surface area (TPSA) is 101 Å². The summed E-state index contributed by atoms with van der Waals surface area (Å²) in [6, 6.07) is 4.57. The molecule has 0 fully saturated rings. The summed E-state index contributed by atoms with van der Waals surface area (Å²) in [5.74, 6) is 4.74. The lowest BCUT2D eigenvalue weighted by Gasteiger charge is -2.03. The number of aromatic carboxylic acids is 1. The van der Waals surface area contributed by atoms with Crippen LogP contribution in [-0.4, -0.2) is 21.0 Å². The summed E-state index contributed by atoms with van der Waals surface area (Å²) in [4.78, 5) is 18.6. The molecule has 15 heavy (non-hydrogen) atoms. The first kappa shape index (κ1) is 9.35. The number of hydrazine groups is 1. The van der Waals surface area contributed by atoms with Gasteiger partial charge in [-0.3, -0.25) is 0 Å². The highest BCUT2D eigenvalue weighted by Crippen LogP contribution is 2.19. The number of carboxylic acids is 1. The molecule has 0 saturated heterocycles. The zero-order chi connectivity index (χ0) is 10.8. The predicted octanol–water partition coefficient (Wildman–Crippen LogP) is 0.614. The van der Waals surface area contributed by atoms with E-state index in [0.29, 0.717) is 16.7 Å². The van der Waals surface area contributed by atoms with E-state index in [2.05, 4.69) is 15.4 Å². The average molecular weight is 204 g/mol. The van der Waals surface area contributed by atoms with Gasteiger partial charge in [-0.25, -0.2) is 20.6 Å².